The van der Waals surface area contributed by atoms with E-state index in [-0.39, 0.29) is 6.04 Å². The Morgan fingerprint density at radius 2 is 2.18 bits per heavy atom. The predicted molar refractivity (Wildman–Crippen MR) is 69.2 cm³/mol. The van der Waals surface area contributed by atoms with Crippen LogP contribution in [0, 0.1) is 0 Å². The molecule has 1 aliphatic heterocycles. The van der Waals surface area contributed by atoms with E-state index >= 15 is 0 Å². The van der Waals surface area contributed by atoms with Crippen molar-refractivity contribution >= 4 is 5.96 Å². The quantitative estimate of drug-likeness (QED) is 0.862. The third-order valence-corrected chi connectivity index (χ3v) is 3.02. The molecule has 4 heteroatoms. The summed E-state index contributed by atoms with van der Waals surface area (Å²) in [6.07, 6.45) is 0. The Kier molecular flexibility index (Phi) is 3.52. The summed E-state index contributed by atoms with van der Waals surface area (Å²) in [5.41, 5.74) is 7.04. The van der Waals surface area contributed by atoms with E-state index in [0.717, 1.165) is 12.3 Å². The topological polar surface area (TPSA) is 50.9 Å². The minimum atomic E-state index is 0.211. The van der Waals surface area contributed by atoms with E-state index in [1.54, 1.807) is 0 Å². The molecule has 0 spiro atoms. The molecule has 1 unspecified atom stereocenters. The number of para-hydroxylation sites is 1. The van der Waals surface area contributed by atoms with E-state index in [1.165, 1.54) is 5.56 Å². The fourth-order valence-corrected chi connectivity index (χ4v) is 2.22. The summed E-state index contributed by atoms with van der Waals surface area (Å²) in [7, 11) is 0. The van der Waals surface area contributed by atoms with Gasteiger partial charge >= 0.3 is 0 Å². The molecule has 0 amide bonds. The van der Waals surface area contributed by atoms with Gasteiger partial charge in [0.05, 0.1) is 19.2 Å². The Bertz CT molecular complexity index is 417. The first kappa shape index (κ1) is 11.8. The maximum absolute atomic E-state index is 5.88. The molecule has 1 aromatic rings. The van der Waals surface area contributed by atoms with Crippen LogP contribution >= 0.6 is 0 Å². The first-order valence-corrected chi connectivity index (χ1v) is 6.06. The van der Waals surface area contributed by atoms with Crippen LogP contribution in [0.15, 0.2) is 29.3 Å². The van der Waals surface area contributed by atoms with Crippen molar-refractivity contribution in [1.29, 1.82) is 0 Å². The summed E-state index contributed by atoms with van der Waals surface area (Å²) in [4.78, 5) is 6.42. The minimum Gasteiger partial charge on any atom is -0.494 e. The Balaban J connectivity index is 2.28. The van der Waals surface area contributed by atoms with Gasteiger partial charge in [-0.15, -0.1) is 0 Å². The van der Waals surface area contributed by atoms with Crippen LogP contribution in [0.1, 0.15) is 25.5 Å². The highest BCUT2D eigenvalue weighted by molar-refractivity contribution is 5.80. The zero-order valence-electron chi connectivity index (χ0n) is 10.4. The molecule has 0 aliphatic carbocycles. The van der Waals surface area contributed by atoms with Crippen LogP contribution in [-0.4, -0.2) is 30.6 Å². The molecular weight excluding hydrogens is 214 g/mol. The van der Waals surface area contributed by atoms with Crippen molar-refractivity contribution in [1.82, 2.24) is 4.90 Å². The molecule has 92 valence electrons. The Morgan fingerprint density at radius 3 is 2.88 bits per heavy atom. The maximum Gasteiger partial charge on any atom is 0.191 e. The molecule has 0 radical (unpaired) electrons. The number of nitrogens with two attached hydrogens (primary N) is 1. The van der Waals surface area contributed by atoms with E-state index in [2.05, 4.69) is 22.9 Å². The predicted octanol–water partition coefficient (Wildman–Crippen LogP) is 1.78. The second kappa shape index (κ2) is 5.08. The number of likely N-dealkylation sites (N-methyl/N-ethyl adjacent to an activating group) is 1. The van der Waals surface area contributed by atoms with Gasteiger partial charge in [0, 0.05) is 12.1 Å². The first-order chi connectivity index (χ1) is 8.27. The Hall–Kier alpha value is -1.71. The number of ether oxygens (including phenoxy) is 1. The summed E-state index contributed by atoms with van der Waals surface area (Å²) in [6, 6.07) is 8.32. The first-order valence-electron chi connectivity index (χ1n) is 6.06. The molecule has 0 aromatic heterocycles. The van der Waals surface area contributed by atoms with Crippen LogP contribution in [0.4, 0.5) is 0 Å². The molecular formula is C13H19N3O. The van der Waals surface area contributed by atoms with Crippen LogP contribution in [-0.2, 0) is 0 Å². The van der Waals surface area contributed by atoms with Gasteiger partial charge in [-0.25, -0.2) is 0 Å². The number of benzene rings is 1. The van der Waals surface area contributed by atoms with Gasteiger partial charge in [-0.2, -0.15) is 0 Å². The lowest BCUT2D eigenvalue weighted by molar-refractivity contribution is 0.313. The molecule has 2 N–H and O–H groups in total. The number of rotatable bonds is 4. The van der Waals surface area contributed by atoms with Gasteiger partial charge in [-0.3, -0.25) is 4.99 Å². The van der Waals surface area contributed by atoms with Crippen LogP contribution in [0.3, 0.4) is 0 Å². The van der Waals surface area contributed by atoms with Crippen molar-refractivity contribution in [3.8, 4) is 5.75 Å². The lowest BCUT2D eigenvalue weighted by Crippen LogP contribution is -2.35. The summed E-state index contributed by atoms with van der Waals surface area (Å²) < 4.78 is 5.66. The third kappa shape index (κ3) is 2.20. The highest BCUT2D eigenvalue weighted by atomic mass is 16.5. The summed E-state index contributed by atoms with van der Waals surface area (Å²) >= 11 is 0. The molecule has 4 nitrogen and oxygen atoms in total. The maximum atomic E-state index is 5.88. The van der Waals surface area contributed by atoms with Crippen molar-refractivity contribution in [2.75, 3.05) is 19.7 Å². The molecule has 1 atom stereocenters. The standard InChI is InChI=1S/C13H19N3O/c1-3-16-11(9-15-13(16)14)10-7-5-6-8-12(10)17-4-2/h5-8,11H,3-4,9H2,1-2H3,(H2,14,15). The SMILES string of the molecule is CCOc1ccccc1C1CN=C(N)N1CC. The number of guanidine groups is 1. The van der Waals surface area contributed by atoms with E-state index < -0.39 is 0 Å². The molecule has 1 aliphatic rings. The van der Waals surface area contributed by atoms with E-state index in [0.29, 0.717) is 19.1 Å². The van der Waals surface area contributed by atoms with Crippen molar-refractivity contribution in [2.24, 2.45) is 10.7 Å². The van der Waals surface area contributed by atoms with Gasteiger partial charge in [0.1, 0.15) is 5.75 Å². The smallest absolute Gasteiger partial charge is 0.191 e. The number of aliphatic imine (C=N–C) groups is 1. The fourth-order valence-electron chi connectivity index (χ4n) is 2.22. The Morgan fingerprint density at radius 1 is 1.41 bits per heavy atom. The molecule has 17 heavy (non-hydrogen) atoms. The van der Waals surface area contributed by atoms with Crippen LogP contribution < -0.4 is 10.5 Å². The number of nitrogens with zero attached hydrogens (tertiary/aromatic N) is 2. The molecule has 0 bridgehead atoms. The zero-order chi connectivity index (χ0) is 12.3. The average molecular weight is 233 g/mol. The van der Waals surface area contributed by atoms with Gasteiger partial charge < -0.3 is 15.4 Å². The van der Waals surface area contributed by atoms with Crippen molar-refractivity contribution in [3.05, 3.63) is 29.8 Å². The van der Waals surface area contributed by atoms with Crippen molar-refractivity contribution in [3.63, 3.8) is 0 Å². The van der Waals surface area contributed by atoms with Crippen LogP contribution in [0.25, 0.3) is 0 Å². The molecule has 1 heterocycles. The lowest BCUT2D eigenvalue weighted by Gasteiger charge is -2.26. The highest BCUT2D eigenvalue weighted by Gasteiger charge is 2.28. The number of hydrogen-bond donors (Lipinski definition) is 1. The van der Waals surface area contributed by atoms with Gasteiger partial charge in [-0.05, 0) is 19.9 Å². The van der Waals surface area contributed by atoms with Gasteiger partial charge in [0.25, 0.3) is 0 Å². The van der Waals surface area contributed by atoms with Gasteiger partial charge in [-0.1, -0.05) is 18.2 Å². The van der Waals surface area contributed by atoms with Crippen molar-refractivity contribution < 1.29 is 4.74 Å². The molecule has 2 rings (SSSR count). The van der Waals surface area contributed by atoms with Gasteiger partial charge in [0.15, 0.2) is 5.96 Å². The van der Waals surface area contributed by atoms with Crippen molar-refractivity contribution in [2.45, 2.75) is 19.9 Å². The van der Waals surface area contributed by atoms with Crippen LogP contribution in [0.2, 0.25) is 0 Å². The molecule has 0 saturated heterocycles. The van der Waals surface area contributed by atoms with E-state index in [4.69, 9.17) is 10.5 Å². The average Bonchev–Trinajstić information content (AvgIpc) is 2.71. The van der Waals surface area contributed by atoms with Gasteiger partial charge in [0.2, 0.25) is 0 Å². The largest absolute Gasteiger partial charge is 0.494 e. The molecule has 0 saturated carbocycles. The minimum absolute atomic E-state index is 0.211. The van der Waals surface area contributed by atoms with Crippen LogP contribution in [0.5, 0.6) is 5.75 Å². The fraction of sp³-hybridized carbons (Fsp3) is 0.462. The zero-order valence-corrected chi connectivity index (χ0v) is 10.4. The molecule has 0 fully saturated rings. The number of hydrogen-bond acceptors (Lipinski definition) is 4. The monoisotopic (exact) mass is 233 g/mol. The van der Waals surface area contributed by atoms with E-state index in [1.807, 2.05) is 25.1 Å². The normalized spacial score (nSPS) is 19.3. The summed E-state index contributed by atoms with van der Waals surface area (Å²) in [5, 5.41) is 0. The second-order valence-corrected chi connectivity index (χ2v) is 3.97. The lowest BCUT2D eigenvalue weighted by atomic mass is 10.1. The van der Waals surface area contributed by atoms with E-state index in [9.17, 15) is 0 Å². The third-order valence-electron chi connectivity index (χ3n) is 3.02. The molecule has 1 aromatic carbocycles. The highest BCUT2D eigenvalue weighted by Crippen LogP contribution is 2.32. The summed E-state index contributed by atoms with van der Waals surface area (Å²) in [5.74, 6) is 1.56. The second-order valence-electron chi connectivity index (χ2n) is 3.97. The summed E-state index contributed by atoms with van der Waals surface area (Å²) in [6.45, 7) is 6.33. The Labute approximate surface area is 102 Å².